The van der Waals surface area contributed by atoms with E-state index in [9.17, 15) is 9.18 Å². The number of carbonyl (C=O) groups is 1. The lowest BCUT2D eigenvalue weighted by molar-refractivity contribution is 0.0998. The minimum absolute atomic E-state index is 0. The quantitative estimate of drug-likeness (QED) is 0.541. The van der Waals surface area contributed by atoms with Crippen molar-refractivity contribution < 1.29 is 9.18 Å². The standard InChI is InChI=1S/C11H11FN4O.ClH/c1-14-11(13)16-10(17)9-5-6-7(12)3-2-4-8(6)15-9;/h2-5,15H,1H3,(H3,13,14,16,17);1H. The van der Waals surface area contributed by atoms with Gasteiger partial charge in [0, 0.05) is 18.0 Å². The van der Waals surface area contributed by atoms with Crippen LogP contribution in [0.5, 0.6) is 0 Å². The highest BCUT2D eigenvalue weighted by molar-refractivity contribution is 6.03. The van der Waals surface area contributed by atoms with E-state index in [1.165, 1.54) is 12.1 Å². The van der Waals surface area contributed by atoms with Gasteiger partial charge in [-0.15, -0.1) is 12.4 Å². The molecule has 5 nitrogen and oxygen atoms in total. The van der Waals surface area contributed by atoms with Crippen LogP contribution in [0.25, 0.3) is 10.9 Å². The van der Waals surface area contributed by atoms with Crippen LogP contribution < -0.4 is 11.1 Å². The summed E-state index contributed by atoms with van der Waals surface area (Å²) in [5.74, 6) is -0.926. The number of aromatic nitrogens is 1. The van der Waals surface area contributed by atoms with Gasteiger partial charge in [-0.05, 0) is 18.2 Å². The van der Waals surface area contributed by atoms with E-state index in [0.717, 1.165) is 0 Å². The second-order valence-corrected chi connectivity index (χ2v) is 3.44. The first-order valence-corrected chi connectivity index (χ1v) is 4.95. The Balaban J connectivity index is 0.00000162. The summed E-state index contributed by atoms with van der Waals surface area (Å²) in [6, 6.07) is 5.99. The first-order chi connectivity index (χ1) is 8.11. The first-order valence-electron chi connectivity index (χ1n) is 4.95. The molecular formula is C11H12ClFN4O. The van der Waals surface area contributed by atoms with E-state index in [0.29, 0.717) is 10.9 Å². The van der Waals surface area contributed by atoms with Gasteiger partial charge in [0.15, 0.2) is 5.96 Å². The number of guanidine groups is 1. The van der Waals surface area contributed by atoms with Crippen LogP contribution in [0.15, 0.2) is 29.3 Å². The molecule has 0 saturated carbocycles. The zero-order valence-electron chi connectivity index (χ0n) is 9.53. The lowest BCUT2D eigenvalue weighted by atomic mass is 10.2. The summed E-state index contributed by atoms with van der Waals surface area (Å²) in [5.41, 5.74) is 6.11. The molecule has 0 fully saturated rings. The highest BCUT2D eigenvalue weighted by atomic mass is 35.5. The SMILES string of the molecule is CNC(N)=NC(=O)c1cc2c(F)cccc2[nH]1.Cl. The van der Waals surface area contributed by atoms with Crippen molar-refractivity contribution in [3.63, 3.8) is 0 Å². The monoisotopic (exact) mass is 270 g/mol. The molecule has 7 heteroatoms. The molecule has 4 N–H and O–H groups in total. The predicted octanol–water partition coefficient (Wildman–Crippen LogP) is 1.40. The number of H-pyrrole nitrogens is 1. The molecule has 18 heavy (non-hydrogen) atoms. The Bertz CT molecular complexity index is 608. The third-order valence-electron chi connectivity index (χ3n) is 2.32. The van der Waals surface area contributed by atoms with Gasteiger partial charge < -0.3 is 16.0 Å². The highest BCUT2D eigenvalue weighted by Crippen LogP contribution is 2.18. The molecule has 0 aliphatic heterocycles. The van der Waals surface area contributed by atoms with Gasteiger partial charge in [0.05, 0.1) is 0 Å². The summed E-state index contributed by atoms with van der Waals surface area (Å²) in [4.78, 5) is 18.0. The van der Waals surface area contributed by atoms with Crippen LogP contribution in [0.1, 0.15) is 10.5 Å². The Hall–Kier alpha value is -2.08. The van der Waals surface area contributed by atoms with E-state index < -0.39 is 5.91 Å². The number of nitrogens with zero attached hydrogens (tertiary/aromatic N) is 1. The molecule has 0 spiro atoms. The number of halogens is 2. The fraction of sp³-hybridized carbons (Fsp3) is 0.0909. The third-order valence-corrected chi connectivity index (χ3v) is 2.32. The number of hydrogen-bond acceptors (Lipinski definition) is 1. The van der Waals surface area contributed by atoms with E-state index in [2.05, 4.69) is 15.3 Å². The largest absolute Gasteiger partial charge is 0.370 e. The van der Waals surface area contributed by atoms with Crippen molar-refractivity contribution in [2.75, 3.05) is 7.05 Å². The molecule has 0 bridgehead atoms. The smallest absolute Gasteiger partial charge is 0.296 e. The number of carbonyl (C=O) groups excluding carboxylic acids is 1. The van der Waals surface area contributed by atoms with Gasteiger partial charge >= 0.3 is 0 Å². The van der Waals surface area contributed by atoms with E-state index in [1.807, 2.05) is 0 Å². The molecule has 1 aromatic carbocycles. The number of rotatable bonds is 1. The zero-order chi connectivity index (χ0) is 12.4. The lowest BCUT2D eigenvalue weighted by Crippen LogP contribution is -2.28. The van der Waals surface area contributed by atoms with Gasteiger partial charge in [-0.3, -0.25) is 4.79 Å². The summed E-state index contributed by atoms with van der Waals surface area (Å²) in [6.45, 7) is 0. The van der Waals surface area contributed by atoms with Gasteiger partial charge in [-0.1, -0.05) is 6.07 Å². The molecule has 0 atom stereocenters. The minimum atomic E-state index is -0.549. The predicted molar refractivity (Wildman–Crippen MR) is 70.5 cm³/mol. The van der Waals surface area contributed by atoms with Crippen LogP contribution in [-0.4, -0.2) is 23.9 Å². The Morgan fingerprint density at radius 1 is 1.50 bits per heavy atom. The fourth-order valence-corrected chi connectivity index (χ4v) is 1.46. The van der Waals surface area contributed by atoms with Crippen molar-refractivity contribution >= 4 is 35.2 Å². The van der Waals surface area contributed by atoms with Crippen molar-refractivity contribution in [3.8, 4) is 0 Å². The van der Waals surface area contributed by atoms with Gasteiger partial charge in [-0.25, -0.2) is 4.39 Å². The second-order valence-electron chi connectivity index (χ2n) is 3.44. The summed E-state index contributed by atoms with van der Waals surface area (Å²) in [5, 5.41) is 2.89. The van der Waals surface area contributed by atoms with Crippen LogP contribution in [0.2, 0.25) is 0 Å². The van der Waals surface area contributed by atoms with Gasteiger partial charge in [0.1, 0.15) is 11.5 Å². The Morgan fingerprint density at radius 2 is 2.22 bits per heavy atom. The number of fused-ring (bicyclic) bond motifs is 1. The van der Waals surface area contributed by atoms with Crippen LogP contribution in [0.3, 0.4) is 0 Å². The van der Waals surface area contributed by atoms with Crippen LogP contribution >= 0.6 is 12.4 Å². The van der Waals surface area contributed by atoms with E-state index >= 15 is 0 Å². The van der Waals surface area contributed by atoms with Crippen molar-refractivity contribution in [1.82, 2.24) is 10.3 Å². The average Bonchev–Trinajstić information content (AvgIpc) is 2.74. The van der Waals surface area contributed by atoms with Gasteiger partial charge in [0.2, 0.25) is 0 Å². The highest BCUT2D eigenvalue weighted by Gasteiger charge is 2.11. The van der Waals surface area contributed by atoms with Crippen LogP contribution in [0.4, 0.5) is 4.39 Å². The fourth-order valence-electron chi connectivity index (χ4n) is 1.46. The van der Waals surface area contributed by atoms with E-state index in [-0.39, 0.29) is 29.9 Å². The number of aromatic amines is 1. The molecule has 1 aromatic heterocycles. The maximum absolute atomic E-state index is 13.4. The maximum Gasteiger partial charge on any atom is 0.296 e. The van der Waals surface area contributed by atoms with Crippen molar-refractivity contribution in [2.45, 2.75) is 0 Å². The number of amides is 1. The van der Waals surface area contributed by atoms with E-state index in [1.54, 1.807) is 19.2 Å². The number of nitrogens with one attached hydrogen (secondary N) is 2. The molecular weight excluding hydrogens is 259 g/mol. The molecule has 1 amide bonds. The number of benzene rings is 1. The first kappa shape index (κ1) is 14.0. The van der Waals surface area contributed by atoms with Crippen molar-refractivity contribution in [2.24, 2.45) is 10.7 Å². The summed E-state index contributed by atoms with van der Waals surface area (Å²) < 4.78 is 13.4. The van der Waals surface area contributed by atoms with E-state index in [4.69, 9.17) is 5.73 Å². The minimum Gasteiger partial charge on any atom is -0.370 e. The molecule has 0 aliphatic rings. The summed E-state index contributed by atoms with van der Waals surface area (Å²) in [7, 11) is 1.55. The lowest BCUT2D eigenvalue weighted by Gasteiger charge is -1.95. The Morgan fingerprint density at radius 3 is 2.83 bits per heavy atom. The molecule has 2 aromatic rings. The Labute approximate surface area is 109 Å². The molecule has 0 saturated heterocycles. The van der Waals surface area contributed by atoms with Gasteiger partial charge in [0.25, 0.3) is 5.91 Å². The number of nitrogens with two attached hydrogens (primary N) is 1. The number of hydrogen-bond donors (Lipinski definition) is 3. The topological polar surface area (TPSA) is 83.3 Å². The molecule has 0 unspecified atom stereocenters. The van der Waals surface area contributed by atoms with Crippen LogP contribution in [-0.2, 0) is 0 Å². The zero-order valence-corrected chi connectivity index (χ0v) is 10.3. The van der Waals surface area contributed by atoms with Crippen molar-refractivity contribution in [3.05, 3.63) is 35.8 Å². The molecule has 2 rings (SSSR count). The van der Waals surface area contributed by atoms with Gasteiger partial charge in [-0.2, -0.15) is 4.99 Å². The average molecular weight is 271 g/mol. The maximum atomic E-state index is 13.4. The molecule has 96 valence electrons. The number of aliphatic imine (C=N–C) groups is 1. The second kappa shape index (κ2) is 5.50. The third kappa shape index (κ3) is 2.60. The molecule has 1 heterocycles. The normalized spacial score (nSPS) is 11.1. The summed E-state index contributed by atoms with van der Waals surface area (Å²) in [6.07, 6.45) is 0. The summed E-state index contributed by atoms with van der Waals surface area (Å²) >= 11 is 0. The van der Waals surface area contributed by atoms with Crippen molar-refractivity contribution in [1.29, 1.82) is 0 Å². The Kier molecular flexibility index (Phi) is 4.28. The molecule has 0 aliphatic carbocycles. The van der Waals surface area contributed by atoms with Crippen LogP contribution in [0, 0.1) is 5.82 Å². The molecule has 0 radical (unpaired) electrons.